The van der Waals surface area contributed by atoms with Crippen LogP contribution in [0, 0.1) is 6.92 Å². The van der Waals surface area contributed by atoms with Crippen molar-refractivity contribution in [3.63, 3.8) is 0 Å². The van der Waals surface area contributed by atoms with Gasteiger partial charge < -0.3 is 14.6 Å². The molecule has 2 fully saturated rings. The molecule has 3 heterocycles. The first-order chi connectivity index (χ1) is 14.0. The summed E-state index contributed by atoms with van der Waals surface area (Å²) in [6.07, 6.45) is 4.22. The zero-order valence-corrected chi connectivity index (χ0v) is 16.7. The lowest BCUT2D eigenvalue weighted by Gasteiger charge is -2.39. The highest BCUT2D eigenvalue weighted by molar-refractivity contribution is 5.95. The van der Waals surface area contributed by atoms with Gasteiger partial charge >= 0.3 is 5.63 Å². The van der Waals surface area contributed by atoms with E-state index in [1.807, 2.05) is 30.3 Å². The van der Waals surface area contributed by atoms with Crippen molar-refractivity contribution in [1.29, 1.82) is 0 Å². The van der Waals surface area contributed by atoms with Crippen LogP contribution in [-0.2, 0) is 17.6 Å². The van der Waals surface area contributed by atoms with Crippen LogP contribution in [0.2, 0.25) is 0 Å². The van der Waals surface area contributed by atoms with E-state index in [1.165, 1.54) is 5.56 Å². The lowest BCUT2D eigenvalue weighted by Crippen LogP contribution is -2.52. The third-order valence-corrected chi connectivity index (χ3v) is 6.16. The van der Waals surface area contributed by atoms with Gasteiger partial charge in [0, 0.05) is 31.5 Å². The molecule has 1 aromatic carbocycles. The van der Waals surface area contributed by atoms with Crippen molar-refractivity contribution in [1.82, 2.24) is 10.2 Å². The molecule has 6 heteroatoms. The Balaban J connectivity index is 1.44. The Kier molecular flexibility index (Phi) is 5.26. The van der Waals surface area contributed by atoms with Gasteiger partial charge in [0.05, 0.1) is 0 Å². The normalized spacial score (nSPS) is 18.1. The van der Waals surface area contributed by atoms with Crippen LogP contribution in [-0.4, -0.2) is 35.3 Å². The van der Waals surface area contributed by atoms with Crippen molar-refractivity contribution in [2.45, 2.75) is 51.0 Å². The molecule has 0 saturated carbocycles. The maximum atomic E-state index is 13.0. The van der Waals surface area contributed by atoms with Crippen LogP contribution in [0.3, 0.4) is 0 Å². The van der Waals surface area contributed by atoms with Crippen LogP contribution < -0.4 is 10.9 Å². The van der Waals surface area contributed by atoms with Gasteiger partial charge in [-0.3, -0.25) is 9.59 Å². The second-order valence-corrected chi connectivity index (χ2v) is 8.16. The van der Waals surface area contributed by atoms with Gasteiger partial charge in [-0.15, -0.1) is 0 Å². The molecule has 1 N–H and O–H groups in total. The number of likely N-dealkylation sites (tertiary alicyclic amines) is 1. The van der Waals surface area contributed by atoms with Gasteiger partial charge in [-0.05, 0) is 49.8 Å². The zero-order valence-electron chi connectivity index (χ0n) is 16.7. The van der Waals surface area contributed by atoms with Gasteiger partial charge in [-0.2, -0.15) is 0 Å². The predicted molar refractivity (Wildman–Crippen MR) is 109 cm³/mol. The summed E-state index contributed by atoms with van der Waals surface area (Å²) in [5.41, 5.74) is 1.22. The second-order valence-electron chi connectivity index (χ2n) is 8.16. The van der Waals surface area contributed by atoms with E-state index in [1.54, 1.807) is 17.9 Å². The Morgan fingerprint density at radius 3 is 2.45 bits per heavy atom. The molecule has 0 bridgehead atoms. The highest BCUT2D eigenvalue weighted by Gasteiger charge is 2.41. The number of carbonyl (C=O) groups excluding carboxylic acids is 2. The Morgan fingerprint density at radius 1 is 1.10 bits per heavy atom. The summed E-state index contributed by atoms with van der Waals surface area (Å²) in [4.78, 5) is 38.8. The molecule has 1 aromatic heterocycles. The molecule has 2 aliphatic heterocycles. The number of benzene rings is 1. The van der Waals surface area contributed by atoms with Crippen molar-refractivity contribution in [2.24, 2.45) is 0 Å². The third-order valence-electron chi connectivity index (χ3n) is 6.16. The first-order valence-electron chi connectivity index (χ1n) is 10.2. The van der Waals surface area contributed by atoms with Crippen LogP contribution in [0.5, 0.6) is 0 Å². The maximum absolute atomic E-state index is 13.0. The van der Waals surface area contributed by atoms with Crippen molar-refractivity contribution >= 4 is 11.8 Å². The number of rotatable bonds is 4. The average Bonchev–Trinajstić information content (AvgIpc) is 3.07. The molecule has 0 unspecified atom stereocenters. The number of piperidine rings is 1. The highest BCUT2D eigenvalue weighted by atomic mass is 16.4. The Bertz CT molecular complexity index is 972. The number of hydrogen-bond acceptors (Lipinski definition) is 4. The summed E-state index contributed by atoms with van der Waals surface area (Å²) in [7, 11) is 0. The van der Waals surface area contributed by atoms with E-state index < -0.39 is 5.63 Å². The fraction of sp³-hybridized carbons (Fsp3) is 0.435. The second kappa shape index (κ2) is 7.85. The van der Waals surface area contributed by atoms with E-state index in [4.69, 9.17) is 4.42 Å². The summed E-state index contributed by atoms with van der Waals surface area (Å²) >= 11 is 0. The Hall–Kier alpha value is -2.89. The molecule has 152 valence electrons. The zero-order chi connectivity index (χ0) is 20.4. The monoisotopic (exact) mass is 394 g/mol. The van der Waals surface area contributed by atoms with Crippen LogP contribution in [0.4, 0.5) is 0 Å². The topological polar surface area (TPSA) is 79.6 Å². The molecule has 4 rings (SSSR count). The Morgan fingerprint density at radius 2 is 1.83 bits per heavy atom. The third kappa shape index (κ3) is 4.11. The summed E-state index contributed by atoms with van der Waals surface area (Å²) in [5, 5.41) is 3.07. The van der Waals surface area contributed by atoms with E-state index >= 15 is 0 Å². The molecule has 29 heavy (non-hydrogen) atoms. The largest absolute Gasteiger partial charge is 0.427 e. The number of aryl methyl sites for hydroxylation is 3. The number of hydrogen-bond donors (Lipinski definition) is 1. The van der Waals surface area contributed by atoms with Crippen LogP contribution >= 0.6 is 0 Å². The SMILES string of the molecule is Cc1cc(CCc2ccccc2)oc(=O)c1C(=O)N1CCC2(CCC(=O)N2)CC1. The smallest absolute Gasteiger partial charge is 0.349 e. The quantitative estimate of drug-likeness (QED) is 0.865. The molecule has 2 amide bonds. The fourth-order valence-electron chi connectivity index (χ4n) is 4.41. The van der Waals surface area contributed by atoms with Gasteiger partial charge in [0.1, 0.15) is 11.3 Å². The maximum Gasteiger partial charge on any atom is 0.349 e. The summed E-state index contributed by atoms with van der Waals surface area (Å²) in [5.74, 6) is 0.413. The van der Waals surface area contributed by atoms with E-state index in [0.29, 0.717) is 37.3 Å². The molecule has 0 atom stereocenters. The fourth-order valence-corrected chi connectivity index (χ4v) is 4.41. The molecule has 2 aliphatic rings. The van der Waals surface area contributed by atoms with E-state index in [0.717, 1.165) is 25.7 Å². The number of nitrogens with zero attached hydrogens (tertiary/aromatic N) is 1. The minimum atomic E-state index is -0.562. The average molecular weight is 394 g/mol. The van der Waals surface area contributed by atoms with Gasteiger partial charge in [0.2, 0.25) is 5.91 Å². The highest BCUT2D eigenvalue weighted by Crippen LogP contribution is 2.31. The first-order valence-corrected chi connectivity index (χ1v) is 10.2. The van der Waals surface area contributed by atoms with E-state index in [-0.39, 0.29) is 22.9 Å². The van der Waals surface area contributed by atoms with E-state index in [2.05, 4.69) is 5.32 Å². The lowest BCUT2D eigenvalue weighted by atomic mass is 9.86. The lowest BCUT2D eigenvalue weighted by molar-refractivity contribution is -0.120. The minimum Gasteiger partial charge on any atom is -0.427 e. The van der Waals surface area contributed by atoms with Crippen molar-refractivity contribution < 1.29 is 14.0 Å². The van der Waals surface area contributed by atoms with Crippen LogP contribution in [0.15, 0.2) is 45.6 Å². The van der Waals surface area contributed by atoms with Gasteiger partial charge in [-0.25, -0.2) is 4.79 Å². The molecular formula is C23H26N2O4. The van der Waals surface area contributed by atoms with Crippen LogP contribution in [0.25, 0.3) is 0 Å². The Labute approximate surface area is 169 Å². The molecule has 2 aromatic rings. The standard InChI is InChI=1S/C23H26N2O4/c1-16-15-18(8-7-17-5-3-2-4-6-17)29-22(28)20(16)21(27)25-13-11-23(12-14-25)10-9-19(26)24-23/h2-6,15H,7-14H2,1H3,(H,24,26). The summed E-state index contributed by atoms with van der Waals surface area (Å²) in [6, 6.07) is 11.8. The van der Waals surface area contributed by atoms with Crippen molar-refractivity contribution in [2.75, 3.05) is 13.1 Å². The molecular weight excluding hydrogens is 368 g/mol. The molecule has 0 radical (unpaired) electrons. The molecule has 6 nitrogen and oxygen atoms in total. The minimum absolute atomic E-state index is 0.0901. The molecule has 1 spiro atoms. The van der Waals surface area contributed by atoms with Gasteiger partial charge in [0.25, 0.3) is 5.91 Å². The summed E-state index contributed by atoms with van der Waals surface area (Å²) < 4.78 is 5.47. The van der Waals surface area contributed by atoms with Crippen molar-refractivity contribution in [3.05, 3.63) is 69.3 Å². The number of nitrogens with one attached hydrogen (secondary N) is 1. The van der Waals surface area contributed by atoms with Crippen LogP contribution in [0.1, 0.15) is 52.9 Å². The van der Waals surface area contributed by atoms with Gasteiger partial charge in [-0.1, -0.05) is 30.3 Å². The predicted octanol–water partition coefficient (Wildman–Crippen LogP) is 2.62. The first kappa shape index (κ1) is 19.4. The number of carbonyl (C=O) groups is 2. The molecule has 0 aliphatic carbocycles. The molecule has 2 saturated heterocycles. The van der Waals surface area contributed by atoms with Gasteiger partial charge in [0.15, 0.2) is 0 Å². The number of amides is 2. The van der Waals surface area contributed by atoms with E-state index in [9.17, 15) is 14.4 Å². The summed E-state index contributed by atoms with van der Waals surface area (Å²) in [6.45, 7) is 2.86. The van der Waals surface area contributed by atoms with Crippen molar-refractivity contribution in [3.8, 4) is 0 Å².